The van der Waals surface area contributed by atoms with Crippen LogP contribution in [0.2, 0.25) is 0 Å². The fraction of sp³-hybridized carbons (Fsp3) is 0.571. The Hall–Kier alpha value is -1.70. The largest absolute Gasteiger partial charge is 0.388 e. The molecule has 21 heavy (non-hydrogen) atoms. The predicted octanol–water partition coefficient (Wildman–Crippen LogP) is -0.751. The number of aryl methyl sites for hydroxylation is 2. The molecule has 7 nitrogen and oxygen atoms in total. The number of hydrogen-bond donors (Lipinski definition) is 3. The minimum absolute atomic E-state index is 0.0996. The van der Waals surface area contributed by atoms with Crippen LogP contribution >= 0.6 is 0 Å². The lowest BCUT2D eigenvalue weighted by molar-refractivity contribution is 0.0178. The van der Waals surface area contributed by atoms with Crippen molar-refractivity contribution in [3.05, 3.63) is 33.2 Å². The average Bonchev–Trinajstić information content (AvgIpc) is 2.93. The van der Waals surface area contributed by atoms with Gasteiger partial charge in [0, 0.05) is 5.69 Å². The zero-order valence-electron chi connectivity index (χ0n) is 11.9. The number of aromatic nitrogens is 1. The Labute approximate surface area is 121 Å². The Morgan fingerprint density at radius 1 is 1.33 bits per heavy atom. The molecule has 1 aromatic rings. The Kier molecular flexibility index (Phi) is 3.56. The first-order valence-corrected chi connectivity index (χ1v) is 6.90. The summed E-state index contributed by atoms with van der Waals surface area (Å²) in [7, 11) is 0. The van der Waals surface area contributed by atoms with Gasteiger partial charge in [-0.2, -0.15) is 0 Å². The normalized spacial score (nSPS) is 31.2. The highest BCUT2D eigenvalue weighted by molar-refractivity contribution is 5.95. The van der Waals surface area contributed by atoms with Gasteiger partial charge in [-0.05, 0) is 25.5 Å². The van der Waals surface area contributed by atoms with Crippen molar-refractivity contribution in [2.75, 3.05) is 13.2 Å². The third-order valence-electron chi connectivity index (χ3n) is 3.94. The maximum atomic E-state index is 12.3. The summed E-state index contributed by atoms with van der Waals surface area (Å²) in [5, 5.41) is 12.4. The lowest BCUT2D eigenvalue weighted by Gasteiger charge is -2.17. The van der Waals surface area contributed by atoms with Gasteiger partial charge in [-0.1, -0.05) is 0 Å². The molecule has 1 aromatic heterocycles. The summed E-state index contributed by atoms with van der Waals surface area (Å²) in [4.78, 5) is 26.9. The van der Waals surface area contributed by atoms with E-state index in [0.717, 1.165) is 0 Å². The summed E-state index contributed by atoms with van der Waals surface area (Å²) < 4.78 is 10.9. The van der Waals surface area contributed by atoms with Crippen molar-refractivity contribution in [3.8, 4) is 0 Å². The van der Waals surface area contributed by atoms with Crippen LogP contribution in [-0.2, 0) is 9.47 Å². The Morgan fingerprint density at radius 2 is 2.05 bits per heavy atom. The van der Waals surface area contributed by atoms with E-state index in [1.165, 1.54) is 0 Å². The molecule has 1 amide bonds. The standard InChI is InChI=1S/C14H18N2O5/c1-6-3-7(2)15-13(18)10(6)14(19)16-8-4-20-12-9(17)5-21-11(8)12/h3,8-9,11-12,17H,4-5H2,1-2H3,(H,15,18)(H,16,19)/t8-,9-,11-,12-/m1/s1. The number of nitrogens with one attached hydrogen (secondary N) is 2. The topological polar surface area (TPSA) is 101 Å². The number of rotatable bonds is 2. The van der Waals surface area contributed by atoms with Gasteiger partial charge in [-0.15, -0.1) is 0 Å². The highest BCUT2D eigenvalue weighted by atomic mass is 16.6. The molecule has 7 heteroatoms. The van der Waals surface area contributed by atoms with Crippen molar-refractivity contribution in [3.63, 3.8) is 0 Å². The van der Waals surface area contributed by atoms with Crippen LogP contribution in [0.15, 0.2) is 10.9 Å². The van der Waals surface area contributed by atoms with E-state index < -0.39 is 23.7 Å². The molecular weight excluding hydrogens is 276 g/mol. The van der Waals surface area contributed by atoms with E-state index in [0.29, 0.717) is 11.3 Å². The first kappa shape index (κ1) is 14.2. The van der Waals surface area contributed by atoms with Crippen LogP contribution in [0.3, 0.4) is 0 Å². The second-order valence-corrected chi connectivity index (χ2v) is 5.58. The number of ether oxygens (including phenoxy) is 2. The molecule has 3 rings (SSSR count). The van der Waals surface area contributed by atoms with Gasteiger partial charge < -0.3 is 24.9 Å². The SMILES string of the molecule is Cc1cc(C)c(C(=O)N[C@@H]2CO[C@H]3[C@@H]2OC[C@H]3O)c(=O)[nH]1. The minimum Gasteiger partial charge on any atom is -0.388 e. The molecular formula is C14H18N2O5. The molecule has 2 aliphatic rings. The van der Waals surface area contributed by atoms with E-state index in [9.17, 15) is 14.7 Å². The lowest BCUT2D eigenvalue weighted by Crippen LogP contribution is -2.45. The van der Waals surface area contributed by atoms with Gasteiger partial charge in [0.2, 0.25) is 0 Å². The molecule has 2 aliphatic heterocycles. The number of fused-ring (bicyclic) bond motifs is 1. The monoisotopic (exact) mass is 294 g/mol. The van der Waals surface area contributed by atoms with Gasteiger partial charge in [0.05, 0.1) is 19.3 Å². The molecule has 3 heterocycles. The molecule has 0 aliphatic carbocycles. The number of pyridine rings is 1. The summed E-state index contributed by atoms with van der Waals surface area (Å²) in [5.41, 5.74) is 1.02. The molecule has 3 N–H and O–H groups in total. The number of hydrogen-bond acceptors (Lipinski definition) is 5. The van der Waals surface area contributed by atoms with Crippen molar-refractivity contribution < 1.29 is 19.4 Å². The summed E-state index contributed by atoms with van der Waals surface area (Å²) in [6.07, 6.45) is -1.44. The highest BCUT2D eigenvalue weighted by Gasteiger charge is 2.47. The summed E-state index contributed by atoms with van der Waals surface area (Å²) in [6.45, 7) is 3.95. The first-order valence-electron chi connectivity index (χ1n) is 6.90. The van der Waals surface area contributed by atoms with E-state index in [2.05, 4.69) is 10.3 Å². The third kappa shape index (κ3) is 2.48. The third-order valence-corrected chi connectivity index (χ3v) is 3.94. The molecule has 0 unspecified atom stereocenters. The molecule has 0 radical (unpaired) electrons. The Bertz CT molecular complexity index is 626. The number of carbonyl (C=O) groups is 1. The van der Waals surface area contributed by atoms with Crippen molar-refractivity contribution in [2.24, 2.45) is 0 Å². The molecule has 2 fully saturated rings. The summed E-state index contributed by atoms with van der Waals surface area (Å²) in [5.74, 6) is -0.451. The quantitative estimate of drug-likeness (QED) is 0.666. The second kappa shape index (κ2) is 5.25. The average molecular weight is 294 g/mol. The second-order valence-electron chi connectivity index (χ2n) is 5.58. The van der Waals surface area contributed by atoms with Gasteiger partial charge in [-0.25, -0.2) is 0 Å². The maximum absolute atomic E-state index is 12.3. The molecule has 0 aromatic carbocycles. The number of aliphatic hydroxyl groups excluding tert-OH is 1. The maximum Gasteiger partial charge on any atom is 0.261 e. The molecule has 2 saturated heterocycles. The van der Waals surface area contributed by atoms with Crippen LogP contribution < -0.4 is 10.9 Å². The van der Waals surface area contributed by atoms with E-state index in [-0.39, 0.29) is 30.9 Å². The van der Waals surface area contributed by atoms with Gasteiger partial charge in [0.1, 0.15) is 23.9 Å². The van der Waals surface area contributed by atoms with Crippen LogP contribution in [-0.4, -0.2) is 53.6 Å². The summed E-state index contributed by atoms with van der Waals surface area (Å²) in [6, 6.07) is 1.39. The predicted molar refractivity (Wildman–Crippen MR) is 73.3 cm³/mol. The highest BCUT2D eigenvalue weighted by Crippen LogP contribution is 2.27. The van der Waals surface area contributed by atoms with E-state index in [1.54, 1.807) is 19.9 Å². The molecule has 0 spiro atoms. The van der Waals surface area contributed by atoms with Crippen LogP contribution in [0, 0.1) is 13.8 Å². The molecule has 0 saturated carbocycles. The fourth-order valence-electron chi connectivity index (χ4n) is 2.98. The molecule has 0 bridgehead atoms. The van der Waals surface area contributed by atoms with Crippen molar-refractivity contribution in [1.29, 1.82) is 0 Å². The van der Waals surface area contributed by atoms with Crippen LogP contribution in [0.5, 0.6) is 0 Å². The Morgan fingerprint density at radius 3 is 2.76 bits per heavy atom. The first-order chi connectivity index (χ1) is 9.97. The number of carbonyl (C=O) groups excluding carboxylic acids is 1. The van der Waals surface area contributed by atoms with Crippen LogP contribution in [0.25, 0.3) is 0 Å². The lowest BCUT2D eigenvalue weighted by atomic mass is 10.1. The van der Waals surface area contributed by atoms with Gasteiger partial charge in [-0.3, -0.25) is 9.59 Å². The van der Waals surface area contributed by atoms with Gasteiger partial charge in [0.15, 0.2) is 0 Å². The zero-order chi connectivity index (χ0) is 15.1. The molecule has 4 atom stereocenters. The van der Waals surface area contributed by atoms with Crippen LogP contribution in [0.4, 0.5) is 0 Å². The van der Waals surface area contributed by atoms with Crippen LogP contribution in [0.1, 0.15) is 21.6 Å². The minimum atomic E-state index is -0.665. The zero-order valence-corrected chi connectivity index (χ0v) is 11.9. The smallest absolute Gasteiger partial charge is 0.261 e. The number of aromatic amines is 1. The van der Waals surface area contributed by atoms with E-state index in [4.69, 9.17) is 9.47 Å². The van der Waals surface area contributed by atoms with Crippen molar-refractivity contribution >= 4 is 5.91 Å². The number of H-pyrrole nitrogens is 1. The summed E-state index contributed by atoms with van der Waals surface area (Å²) >= 11 is 0. The van der Waals surface area contributed by atoms with E-state index in [1.807, 2.05) is 0 Å². The van der Waals surface area contributed by atoms with Crippen molar-refractivity contribution in [2.45, 2.75) is 38.2 Å². The van der Waals surface area contributed by atoms with E-state index >= 15 is 0 Å². The van der Waals surface area contributed by atoms with Gasteiger partial charge >= 0.3 is 0 Å². The number of aliphatic hydroxyl groups is 1. The fourth-order valence-corrected chi connectivity index (χ4v) is 2.98. The number of amides is 1. The Balaban J connectivity index is 1.77. The van der Waals surface area contributed by atoms with Crippen molar-refractivity contribution in [1.82, 2.24) is 10.3 Å². The van der Waals surface area contributed by atoms with Gasteiger partial charge in [0.25, 0.3) is 11.5 Å². The molecule has 114 valence electrons.